The summed E-state index contributed by atoms with van der Waals surface area (Å²) < 4.78 is 5.40. The third-order valence-corrected chi connectivity index (χ3v) is 8.32. The number of morpholine rings is 1. The Morgan fingerprint density at radius 3 is 2.57 bits per heavy atom. The first kappa shape index (κ1) is 18.3. The molecule has 2 amide bonds. The second-order valence-electron chi connectivity index (χ2n) is 7.69. The fourth-order valence-electron chi connectivity index (χ4n) is 4.41. The zero-order chi connectivity index (χ0) is 19.1. The molecule has 0 unspecified atom stereocenters. The van der Waals surface area contributed by atoms with E-state index in [9.17, 15) is 9.59 Å². The van der Waals surface area contributed by atoms with Crippen LogP contribution in [0.4, 0.5) is 5.00 Å². The Bertz CT molecular complexity index is 903. The molecule has 2 aliphatic carbocycles. The second kappa shape index (κ2) is 7.61. The molecule has 2 aromatic rings. The van der Waals surface area contributed by atoms with Crippen LogP contribution in [0.1, 0.15) is 60.2 Å². The lowest BCUT2D eigenvalue weighted by atomic mass is 9.95. The molecule has 1 fully saturated rings. The minimum atomic E-state index is -0.0750. The summed E-state index contributed by atoms with van der Waals surface area (Å²) >= 11 is 3.21. The van der Waals surface area contributed by atoms with Crippen molar-refractivity contribution in [1.82, 2.24) is 4.90 Å². The summed E-state index contributed by atoms with van der Waals surface area (Å²) in [6.07, 6.45) is 7.56. The van der Waals surface area contributed by atoms with Crippen LogP contribution in [0.25, 0.3) is 0 Å². The highest BCUT2D eigenvalue weighted by molar-refractivity contribution is 7.17. The third kappa shape index (κ3) is 3.29. The molecule has 28 heavy (non-hydrogen) atoms. The highest BCUT2D eigenvalue weighted by Crippen LogP contribution is 2.40. The maximum absolute atomic E-state index is 13.3. The van der Waals surface area contributed by atoms with E-state index < -0.39 is 0 Å². The summed E-state index contributed by atoms with van der Waals surface area (Å²) in [5, 5.41) is 3.84. The average molecular weight is 417 g/mol. The molecule has 5 rings (SSSR count). The second-order valence-corrected chi connectivity index (χ2v) is 9.93. The molecule has 1 N–H and O–H groups in total. The van der Waals surface area contributed by atoms with Gasteiger partial charge in [0.1, 0.15) is 5.00 Å². The molecule has 3 heterocycles. The van der Waals surface area contributed by atoms with Gasteiger partial charge in [-0.1, -0.05) is 0 Å². The maximum atomic E-state index is 13.3. The summed E-state index contributed by atoms with van der Waals surface area (Å²) in [6.45, 7) is 2.41. The first-order chi connectivity index (χ1) is 13.7. The van der Waals surface area contributed by atoms with E-state index in [0.29, 0.717) is 26.3 Å². The van der Waals surface area contributed by atoms with Gasteiger partial charge < -0.3 is 15.0 Å². The van der Waals surface area contributed by atoms with Gasteiger partial charge in [0.15, 0.2) is 0 Å². The molecule has 0 bridgehead atoms. The Balaban J connectivity index is 1.45. The normalized spacial score (nSPS) is 18.6. The van der Waals surface area contributed by atoms with Crippen LogP contribution in [0.15, 0.2) is 6.07 Å². The third-order valence-electron chi connectivity index (χ3n) is 5.88. The molecule has 0 aromatic carbocycles. The lowest BCUT2D eigenvalue weighted by Gasteiger charge is -2.27. The molecule has 0 spiro atoms. The van der Waals surface area contributed by atoms with Gasteiger partial charge in [0.25, 0.3) is 11.8 Å². The Hall–Kier alpha value is -1.70. The van der Waals surface area contributed by atoms with Crippen molar-refractivity contribution in [3.05, 3.63) is 37.4 Å². The van der Waals surface area contributed by atoms with Crippen LogP contribution in [0.5, 0.6) is 0 Å². The number of fused-ring (bicyclic) bond motifs is 2. The van der Waals surface area contributed by atoms with Crippen LogP contribution in [0, 0.1) is 0 Å². The Morgan fingerprint density at radius 1 is 0.964 bits per heavy atom. The van der Waals surface area contributed by atoms with Gasteiger partial charge in [-0.2, -0.15) is 0 Å². The molecule has 1 saturated heterocycles. The summed E-state index contributed by atoms with van der Waals surface area (Å²) in [7, 11) is 0. The first-order valence-corrected chi connectivity index (χ1v) is 11.8. The smallest absolute Gasteiger partial charge is 0.266 e. The van der Waals surface area contributed by atoms with E-state index in [1.54, 1.807) is 22.7 Å². The standard InChI is InChI=1S/C21H24N2O3S2/c24-19(17-12-13-4-3-7-15(13)27-17)22-20-18(14-5-1-2-6-16(14)28-20)21(25)23-8-10-26-11-9-23/h12H,1-11H2,(H,22,24). The minimum absolute atomic E-state index is 0.0478. The maximum Gasteiger partial charge on any atom is 0.266 e. The van der Waals surface area contributed by atoms with Crippen LogP contribution in [-0.4, -0.2) is 43.0 Å². The van der Waals surface area contributed by atoms with Crippen molar-refractivity contribution in [2.24, 2.45) is 0 Å². The van der Waals surface area contributed by atoms with E-state index in [1.807, 2.05) is 11.0 Å². The Kier molecular flexibility index (Phi) is 4.99. The number of anilines is 1. The van der Waals surface area contributed by atoms with E-state index in [4.69, 9.17) is 4.74 Å². The van der Waals surface area contributed by atoms with Gasteiger partial charge in [0.05, 0.1) is 23.7 Å². The number of rotatable bonds is 3. The van der Waals surface area contributed by atoms with Gasteiger partial charge in [0, 0.05) is 22.8 Å². The number of carbonyl (C=O) groups is 2. The van der Waals surface area contributed by atoms with Crippen molar-refractivity contribution in [2.45, 2.75) is 44.9 Å². The summed E-state index contributed by atoms with van der Waals surface area (Å²) in [5.41, 5.74) is 3.22. The predicted octanol–water partition coefficient (Wildman–Crippen LogP) is 3.90. The van der Waals surface area contributed by atoms with Crippen molar-refractivity contribution < 1.29 is 14.3 Å². The van der Waals surface area contributed by atoms with Gasteiger partial charge in [-0.15, -0.1) is 22.7 Å². The lowest BCUT2D eigenvalue weighted by Crippen LogP contribution is -2.41. The number of aryl methyl sites for hydroxylation is 3. The highest BCUT2D eigenvalue weighted by atomic mass is 32.1. The number of thiophene rings is 2. The van der Waals surface area contributed by atoms with Gasteiger partial charge >= 0.3 is 0 Å². The molecular weight excluding hydrogens is 392 g/mol. The summed E-state index contributed by atoms with van der Waals surface area (Å²) in [4.78, 5) is 31.5. The largest absolute Gasteiger partial charge is 0.378 e. The quantitative estimate of drug-likeness (QED) is 0.826. The van der Waals surface area contributed by atoms with Crippen LogP contribution in [0.3, 0.4) is 0 Å². The van der Waals surface area contributed by atoms with Gasteiger partial charge in [-0.25, -0.2) is 0 Å². The zero-order valence-electron chi connectivity index (χ0n) is 15.8. The number of hydrogen-bond donors (Lipinski definition) is 1. The molecule has 3 aliphatic rings. The number of carbonyl (C=O) groups excluding carboxylic acids is 2. The van der Waals surface area contributed by atoms with Crippen LogP contribution in [-0.2, 0) is 30.4 Å². The molecule has 148 valence electrons. The van der Waals surface area contributed by atoms with E-state index >= 15 is 0 Å². The first-order valence-electron chi connectivity index (χ1n) is 10.1. The molecule has 2 aromatic heterocycles. The Morgan fingerprint density at radius 2 is 1.75 bits per heavy atom. The number of amides is 2. The fraction of sp³-hybridized carbons (Fsp3) is 0.524. The predicted molar refractivity (Wildman–Crippen MR) is 112 cm³/mol. The SMILES string of the molecule is O=C(Nc1sc2c(c1C(=O)N1CCOCC1)CCCC2)c1cc2c(s1)CCC2. The number of nitrogens with one attached hydrogen (secondary N) is 1. The monoisotopic (exact) mass is 416 g/mol. The Labute approximate surface area is 172 Å². The van der Waals surface area contributed by atoms with Crippen molar-refractivity contribution in [1.29, 1.82) is 0 Å². The summed E-state index contributed by atoms with van der Waals surface area (Å²) in [5.74, 6) is -0.0271. The van der Waals surface area contributed by atoms with Crippen molar-refractivity contribution in [2.75, 3.05) is 31.6 Å². The molecule has 0 saturated carbocycles. The highest BCUT2D eigenvalue weighted by Gasteiger charge is 2.30. The molecule has 0 radical (unpaired) electrons. The van der Waals surface area contributed by atoms with E-state index in [-0.39, 0.29) is 11.8 Å². The van der Waals surface area contributed by atoms with E-state index in [2.05, 4.69) is 5.32 Å². The molecular formula is C21H24N2O3S2. The molecule has 7 heteroatoms. The lowest BCUT2D eigenvalue weighted by molar-refractivity contribution is 0.0303. The number of hydrogen-bond acceptors (Lipinski definition) is 5. The van der Waals surface area contributed by atoms with Crippen molar-refractivity contribution in [3.8, 4) is 0 Å². The van der Waals surface area contributed by atoms with Crippen LogP contribution in [0.2, 0.25) is 0 Å². The van der Waals surface area contributed by atoms with Crippen LogP contribution < -0.4 is 5.32 Å². The molecule has 5 nitrogen and oxygen atoms in total. The van der Waals surface area contributed by atoms with Gasteiger partial charge in [0.2, 0.25) is 0 Å². The number of ether oxygens (including phenoxy) is 1. The fourth-order valence-corrected chi connectivity index (χ4v) is 6.84. The molecule has 1 aliphatic heterocycles. The van der Waals surface area contributed by atoms with E-state index in [0.717, 1.165) is 59.5 Å². The topological polar surface area (TPSA) is 58.6 Å². The van der Waals surface area contributed by atoms with Crippen molar-refractivity contribution >= 4 is 39.5 Å². The van der Waals surface area contributed by atoms with Crippen LogP contribution >= 0.6 is 22.7 Å². The van der Waals surface area contributed by atoms with E-state index in [1.165, 1.54) is 21.7 Å². The summed E-state index contributed by atoms with van der Waals surface area (Å²) in [6, 6.07) is 2.04. The zero-order valence-corrected chi connectivity index (χ0v) is 17.5. The van der Waals surface area contributed by atoms with Crippen molar-refractivity contribution in [3.63, 3.8) is 0 Å². The minimum Gasteiger partial charge on any atom is -0.378 e. The van der Waals surface area contributed by atoms with Gasteiger partial charge in [-0.3, -0.25) is 9.59 Å². The van der Waals surface area contributed by atoms with Gasteiger partial charge in [-0.05, 0) is 62.1 Å². The molecule has 0 atom stereocenters. The average Bonchev–Trinajstić information content (AvgIpc) is 3.41. The number of nitrogens with zero attached hydrogens (tertiary/aromatic N) is 1.